The summed E-state index contributed by atoms with van der Waals surface area (Å²) in [5, 5.41) is 6.58. The van der Waals surface area contributed by atoms with Gasteiger partial charge in [-0.05, 0) is 25.1 Å². The number of ether oxygens (including phenoxy) is 1. The van der Waals surface area contributed by atoms with Crippen LogP contribution in [0.2, 0.25) is 5.02 Å². The van der Waals surface area contributed by atoms with Crippen LogP contribution in [0.1, 0.15) is 17.0 Å². The third-order valence-electron chi connectivity index (χ3n) is 3.69. The van der Waals surface area contributed by atoms with Crippen molar-refractivity contribution in [3.8, 4) is 5.75 Å². The third kappa shape index (κ3) is 3.71. The molecule has 3 aromatic rings. The number of rotatable bonds is 5. The van der Waals surface area contributed by atoms with Crippen molar-refractivity contribution >= 4 is 11.6 Å². The molecule has 0 aliphatic rings. The zero-order valence-corrected chi connectivity index (χ0v) is 14.0. The highest BCUT2D eigenvalue weighted by Gasteiger charge is 2.14. The largest absolute Gasteiger partial charge is 0.487 e. The molecule has 8 heteroatoms. The molecule has 3 rings (SSSR count). The molecule has 0 aliphatic heterocycles. The Balaban J connectivity index is 1.84. The van der Waals surface area contributed by atoms with Crippen LogP contribution in [-0.4, -0.2) is 14.8 Å². The molecular formula is C17H14ClF2N3O2. The van der Waals surface area contributed by atoms with Gasteiger partial charge in [0, 0.05) is 29.6 Å². The van der Waals surface area contributed by atoms with Crippen molar-refractivity contribution in [2.24, 2.45) is 0 Å². The topological polar surface area (TPSA) is 59.9 Å². The molecule has 0 saturated carbocycles. The first-order chi connectivity index (χ1) is 12.0. The summed E-state index contributed by atoms with van der Waals surface area (Å²) in [4.78, 5) is 12.4. The molecule has 0 bridgehead atoms. The van der Waals surface area contributed by atoms with E-state index in [2.05, 4.69) is 10.2 Å². The molecular weight excluding hydrogens is 352 g/mol. The molecule has 1 aromatic carbocycles. The van der Waals surface area contributed by atoms with E-state index in [1.807, 2.05) is 0 Å². The van der Waals surface area contributed by atoms with Crippen LogP contribution in [0.3, 0.4) is 0 Å². The Morgan fingerprint density at radius 1 is 1.28 bits per heavy atom. The number of hydrogen-bond acceptors (Lipinski definition) is 3. The van der Waals surface area contributed by atoms with Gasteiger partial charge in [-0.25, -0.2) is 8.78 Å². The Hall–Kier alpha value is -2.67. The lowest BCUT2D eigenvalue weighted by Crippen LogP contribution is -2.24. The fourth-order valence-corrected chi connectivity index (χ4v) is 2.56. The van der Waals surface area contributed by atoms with Crippen LogP contribution in [0.4, 0.5) is 8.78 Å². The Morgan fingerprint density at radius 2 is 2.08 bits per heavy atom. The number of hydrogen-bond donors (Lipinski definition) is 1. The fourth-order valence-electron chi connectivity index (χ4n) is 2.35. The number of nitrogens with zero attached hydrogens (tertiary/aromatic N) is 2. The van der Waals surface area contributed by atoms with E-state index in [1.54, 1.807) is 25.3 Å². The molecule has 2 heterocycles. The second-order valence-electron chi connectivity index (χ2n) is 5.45. The summed E-state index contributed by atoms with van der Waals surface area (Å²) in [5.74, 6) is -1.25. The first kappa shape index (κ1) is 17.2. The summed E-state index contributed by atoms with van der Waals surface area (Å²) in [5.41, 5.74) is 1.03. The fraction of sp³-hybridized carbons (Fsp3) is 0.176. The minimum Gasteiger partial charge on any atom is -0.487 e. The molecule has 5 nitrogen and oxygen atoms in total. The molecule has 0 atom stereocenters. The van der Waals surface area contributed by atoms with Gasteiger partial charge in [0.15, 0.2) is 0 Å². The van der Waals surface area contributed by atoms with Gasteiger partial charge in [-0.3, -0.25) is 9.89 Å². The van der Waals surface area contributed by atoms with Crippen molar-refractivity contribution in [1.82, 2.24) is 14.8 Å². The van der Waals surface area contributed by atoms with E-state index < -0.39 is 17.2 Å². The molecule has 0 unspecified atom stereocenters. The van der Waals surface area contributed by atoms with E-state index in [1.165, 1.54) is 10.6 Å². The predicted molar refractivity (Wildman–Crippen MR) is 88.8 cm³/mol. The Bertz CT molecular complexity index is 955. The Kier molecular flexibility index (Phi) is 4.85. The van der Waals surface area contributed by atoms with Gasteiger partial charge in [0.2, 0.25) is 0 Å². The summed E-state index contributed by atoms with van der Waals surface area (Å²) < 4.78 is 33.5. The number of aromatic nitrogens is 3. The summed E-state index contributed by atoms with van der Waals surface area (Å²) >= 11 is 6.10. The van der Waals surface area contributed by atoms with Crippen LogP contribution >= 0.6 is 11.6 Å². The van der Waals surface area contributed by atoms with Crippen LogP contribution in [-0.2, 0) is 13.2 Å². The SMILES string of the molecule is Cc1cc(OCc2ccc(F)cc2F)c(Cl)c(=O)n1Cc1cc[nH]n1. The maximum atomic E-state index is 13.7. The van der Waals surface area contributed by atoms with Crippen LogP contribution in [0.5, 0.6) is 5.75 Å². The number of aryl methyl sites for hydroxylation is 1. The quantitative estimate of drug-likeness (QED) is 0.753. The van der Waals surface area contributed by atoms with Crippen molar-refractivity contribution in [3.63, 3.8) is 0 Å². The van der Waals surface area contributed by atoms with Crippen molar-refractivity contribution < 1.29 is 13.5 Å². The van der Waals surface area contributed by atoms with Crippen LogP contribution in [0.25, 0.3) is 0 Å². The number of nitrogens with one attached hydrogen (secondary N) is 1. The van der Waals surface area contributed by atoms with Crippen LogP contribution in [0, 0.1) is 18.6 Å². The molecule has 0 aliphatic carbocycles. The molecule has 130 valence electrons. The van der Waals surface area contributed by atoms with Crippen LogP contribution in [0.15, 0.2) is 41.3 Å². The lowest BCUT2D eigenvalue weighted by Gasteiger charge is -2.14. The van der Waals surface area contributed by atoms with E-state index in [9.17, 15) is 13.6 Å². The zero-order chi connectivity index (χ0) is 18.0. The highest BCUT2D eigenvalue weighted by molar-refractivity contribution is 6.31. The minimum atomic E-state index is -0.722. The predicted octanol–water partition coefficient (Wildman–Crippen LogP) is 3.44. The standard InChI is InChI=1S/C17H14ClF2N3O2/c1-10-6-15(25-9-11-2-3-12(19)7-14(11)20)16(18)17(24)23(10)8-13-4-5-21-22-13/h2-7H,8-9H2,1H3,(H,21,22). The van der Waals surface area contributed by atoms with E-state index >= 15 is 0 Å². The monoisotopic (exact) mass is 365 g/mol. The van der Waals surface area contributed by atoms with Gasteiger partial charge in [0.1, 0.15) is 29.0 Å². The zero-order valence-electron chi connectivity index (χ0n) is 13.2. The highest BCUT2D eigenvalue weighted by atomic mass is 35.5. The second kappa shape index (κ2) is 7.06. The first-order valence-corrected chi connectivity index (χ1v) is 7.79. The summed E-state index contributed by atoms with van der Waals surface area (Å²) in [6.45, 7) is 1.82. The normalized spacial score (nSPS) is 10.9. The van der Waals surface area contributed by atoms with Crippen LogP contribution < -0.4 is 10.3 Å². The van der Waals surface area contributed by atoms with E-state index in [-0.39, 0.29) is 29.5 Å². The summed E-state index contributed by atoms with van der Waals surface area (Å²) in [6, 6.07) is 6.54. The van der Waals surface area contributed by atoms with Crippen molar-refractivity contribution in [3.05, 3.63) is 80.5 Å². The van der Waals surface area contributed by atoms with E-state index in [0.717, 1.165) is 12.1 Å². The molecule has 1 N–H and O–H groups in total. The van der Waals surface area contributed by atoms with Gasteiger partial charge in [0.05, 0.1) is 12.2 Å². The third-order valence-corrected chi connectivity index (χ3v) is 4.04. The van der Waals surface area contributed by atoms with E-state index in [4.69, 9.17) is 16.3 Å². The second-order valence-corrected chi connectivity index (χ2v) is 5.82. The van der Waals surface area contributed by atoms with Gasteiger partial charge in [0.25, 0.3) is 5.56 Å². The van der Waals surface area contributed by atoms with Gasteiger partial charge in [-0.15, -0.1) is 0 Å². The number of H-pyrrole nitrogens is 1. The molecule has 0 spiro atoms. The average molecular weight is 366 g/mol. The number of aromatic amines is 1. The molecule has 0 amide bonds. The highest BCUT2D eigenvalue weighted by Crippen LogP contribution is 2.23. The average Bonchev–Trinajstić information content (AvgIpc) is 3.08. The number of pyridine rings is 1. The lowest BCUT2D eigenvalue weighted by molar-refractivity contribution is 0.298. The maximum Gasteiger partial charge on any atom is 0.273 e. The van der Waals surface area contributed by atoms with E-state index in [0.29, 0.717) is 11.4 Å². The molecule has 25 heavy (non-hydrogen) atoms. The van der Waals surface area contributed by atoms with Gasteiger partial charge in [-0.1, -0.05) is 11.6 Å². The smallest absolute Gasteiger partial charge is 0.273 e. The molecule has 0 radical (unpaired) electrons. The van der Waals surface area contributed by atoms with Crippen molar-refractivity contribution in [2.75, 3.05) is 0 Å². The van der Waals surface area contributed by atoms with Gasteiger partial charge >= 0.3 is 0 Å². The summed E-state index contributed by atoms with van der Waals surface area (Å²) in [7, 11) is 0. The van der Waals surface area contributed by atoms with Gasteiger partial charge < -0.3 is 9.30 Å². The maximum absolute atomic E-state index is 13.7. The Labute approximate surface area is 146 Å². The molecule has 2 aromatic heterocycles. The summed E-state index contributed by atoms with van der Waals surface area (Å²) in [6.07, 6.45) is 1.66. The first-order valence-electron chi connectivity index (χ1n) is 7.41. The van der Waals surface area contributed by atoms with Crippen molar-refractivity contribution in [1.29, 1.82) is 0 Å². The minimum absolute atomic E-state index is 0.108. The lowest BCUT2D eigenvalue weighted by atomic mass is 10.2. The van der Waals surface area contributed by atoms with Crippen molar-refractivity contribution in [2.45, 2.75) is 20.1 Å². The molecule has 0 saturated heterocycles. The number of benzene rings is 1. The Morgan fingerprint density at radius 3 is 2.76 bits per heavy atom. The number of halogens is 3. The van der Waals surface area contributed by atoms with Gasteiger partial charge in [-0.2, -0.15) is 5.10 Å². The molecule has 0 fully saturated rings.